The van der Waals surface area contributed by atoms with E-state index in [9.17, 15) is 22.8 Å². The first-order valence-corrected chi connectivity index (χ1v) is 9.09. The van der Waals surface area contributed by atoms with Crippen molar-refractivity contribution >= 4 is 11.9 Å². The van der Waals surface area contributed by atoms with Gasteiger partial charge in [-0.05, 0) is 57.6 Å². The van der Waals surface area contributed by atoms with Gasteiger partial charge in [-0.1, -0.05) is 23.8 Å². The van der Waals surface area contributed by atoms with Gasteiger partial charge in [-0.3, -0.25) is 4.79 Å². The van der Waals surface area contributed by atoms with Crippen LogP contribution in [-0.4, -0.2) is 30.3 Å². The second kappa shape index (κ2) is 8.31. The lowest BCUT2D eigenvalue weighted by molar-refractivity contribution is -0.207. The molecule has 27 heavy (non-hydrogen) atoms. The van der Waals surface area contributed by atoms with Gasteiger partial charge < -0.3 is 9.47 Å². The third-order valence-electron chi connectivity index (χ3n) is 5.05. The van der Waals surface area contributed by atoms with E-state index in [1.54, 1.807) is 6.92 Å². The van der Waals surface area contributed by atoms with Crippen molar-refractivity contribution in [2.75, 3.05) is 6.61 Å². The summed E-state index contributed by atoms with van der Waals surface area (Å²) in [4.78, 5) is 24.9. The summed E-state index contributed by atoms with van der Waals surface area (Å²) in [6, 6.07) is 5.66. The average Bonchev–Trinajstić information content (AvgIpc) is 2.58. The van der Waals surface area contributed by atoms with E-state index in [2.05, 4.69) is 0 Å². The van der Waals surface area contributed by atoms with Crippen molar-refractivity contribution in [2.24, 2.45) is 5.92 Å². The first-order chi connectivity index (χ1) is 12.6. The average molecular weight is 386 g/mol. The second-order valence-electron chi connectivity index (χ2n) is 7.11. The highest BCUT2D eigenvalue weighted by molar-refractivity contribution is 5.84. The minimum absolute atomic E-state index is 0.0443. The number of ether oxygens (including phenoxy) is 2. The number of hydrogen-bond donors (Lipinski definition) is 0. The SMILES string of the molecule is CCOC(=O)C1(OC(=O)Cc2cc(C)ccc2C)CCC(C(F)(F)F)CC1. The molecule has 0 saturated heterocycles. The summed E-state index contributed by atoms with van der Waals surface area (Å²) in [5.41, 5.74) is 1.02. The van der Waals surface area contributed by atoms with Crippen LogP contribution in [0.2, 0.25) is 0 Å². The Bertz CT molecular complexity index is 689. The number of esters is 2. The van der Waals surface area contributed by atoms with E-state index in [0.29, 0.717) is 0 Å². The zero-order valence-corrected chi connectivity index (χ0v) is 15.8. The molecule has 0 spiro atoms. The van der Waals surface area contributed by atoms with Crippen molar-refractivity contribution in [3.8, 4) is 0 Å². The van der Waals surface area contributed by atoms with E-state index in [4.69, 9.17) is 9.47 Å². The summed E-state index contributed by atoms with van der Waals surface area (Å²) in [5, 5.41) is 0. The molecule has 0 unspecified atom stereocenters. The molecule has 1 fully saturated rings. The lowest BCUT2D eigenvalue weighted by atomic mass is 9.78. The minimum atomic E-state index is -4.32. The van der Waals surface area contributed by atoms with E-state index >= 15 is 0 Å². The molecule has 1 aromatic carbocycles. The zero-order valence-electron chi connectivity index (χ0n) is 15.8. The third-order valence-corrected chi connectivity index (χ3v) is 5.05. The number of carbonyl (C=O) groups is 2. The van der Waals surface area contributed by atoms with E-state index in [1.807, 2.05) is 32.0 Å². The fourth-order valence-electron chi connectivity index (χ4n) is 3.42. The number of alkyl halides is 3. The highest BCUT2D eigenvalue weighted by Gasteiger charge is 2.52. The van der Waals surface area contributed by atoms with Crippen LogP contribution in [-0.2, 0) is 25.5 Å². The monoisotopic (exact) mass is 386 g/mol. The molecule has 7 heteroatoms. The Labute approximate surface area is 157 Å². The molecule has 2 rings (SSSR count). The van der Waals surface area contributed by atoms with Crippen LogP contribution in [0.3, 0.4) is 0 Å². The summed E-state index contributed by atoms with van der Waals surface area (Å²) in [7, 11) is 0. The molecule has 0 heterocycles. The van der Waals surface area contributed by atoms with Crippen molar-refractivity contribution in [1.29, 1.82) is 0 Å². The molecule has 4 nitrogen and oxygen atoms in total. The van der Waals surface area contributed by atoms with Gasteiger partial charge in [0.25, 0.3) is 0 Å². The maximum Gasteiger partial charge on any atom is 0.391 e. The van der Waals surface area contributed by atoms with E-state index < -0.39 is 29.6 Å². The third kappa shape index (κ3) is 5.23. The number of rotatable bonds is 5. The molecule has 0 amide bonds. The van der Waals surface area contributed by atoms with Crippen molar-refractivity contribution in [3.63, 3.8) is 0 Å². The van der Waals surface area contributed by atoms with E-state index in [1.165, 1.54) is 0 Å². The molecule has 1 saturated carbocycles. The van der Waals surface area contributed by atoms with Gasteiger partial charge >= 0.3 is 18.1 Å². The summed E-state index contributed by atoms with van der Waals surface area (Å²) in [6.07, 6.45) is -5.26. The van der Waals surface area contributed by atoms with E-state index in [0.717, 1.165) is 16.7 Å². The van der Waals surface area contributed by atoms with Gasteiger partial charge in [0.15, 0.2) is 0 Å². The van der Waals surface area contributed by atoms with Gasteiger partial charge in [0, 0.05) is 0 Å². The summed E-state index contributed by atoms with van der Waals surface area (Å²) < 4.78 is 49.3. The van der Waals surface area contributed by atoms with Crippen LogP contribution < -0.4 is 0 Å². The molecule has 0 bridgehead atoms. The zero-order chi connectivity index (χ0) is 20.2. The van der Waals surface area contributed by atoms with E-state index in [-0.39, 0.29) is 38.7 Å². The van der Waals surface area contributed by atoms with Crippen molar-refractivity contribution < 1.29 is 32.2 Å². The van der Waals surface area contributed by atoms with Gasteiger partial charge in [-0.15, -0.1) is 0 Å². The molecular formula is C20H25F3O4. The predicted octanol–water partition coefficient (Wildman–Crippen LogP) is 4.44. The second-order valence-corrected chi connectivity index (χ2v) is 7.11. The van der Waals surface area contributed by atoms with Gasteiger partial charge in [0.05, 0.1) is 18.9 Å². The Morgan fingerprint density at radius 1 is 1.19 bits per heavy atom. The fraction of sp³-hybridized carbons (Fsp3) is 0.600. The topological polar surface area (TPSA) is 52.6 Å². The maximum absolute atomic E-state index is 13.0. The van der Waals surface area contributed by atoms with Crippen LogP contribution in [0.4, 0.5) is 13.2 Å². The van der Waals surface area contributed by atoms with Gasteiger partial charge in [0.2, 0.25) is 5.60 Å². The highest BCUT2D eigenvalue weighted by Crippen LogP contribution is 2.43. The number of carbonyl (C=O) groups excluding carboxylic acids is 2. The van der Waals surface area contributed by atoms with Crippen molar-refractivity contribution in [2.45, 2.75) is 64.7 Å². The van der Waals surface area contributed by atoms with Crippen LogP contribution in [0.15, 0.2) is 18.2 Å². The summed E-state index contributed by atoms with van der Waals surface area (Å²) in [6.45, 7) is 5.42. The normalized spacial score (nSPS) is 23.0. The van der Waals surface area contributed by atoms with Crippen LogP contribution >= 0.6 is 0 Å². The van der Waals surface area contributed by atoms with Crippen LogP contribution in [0, 0.1) is 19.8 Å². The number of aryl methyl sites for hydroxylation is 2. The molecule has 1 aliphatic rings. The van der Waals surface area contributed by atoms with Gasteiger partial charge in [0.1, 0.15) is 0 Å². The Kier molecular flexibility index (Phi) is 6.54. The smallest absolute Gasteiger partial charge is 0.391 e. The lowest BCUT2D eigenvalue weighted by Gasteiger charge is -2.37. The Morgan fingerprint density at radius 2 is 1.81 bits per heavy atom. The molecule has 0 N–H and O–H groups in total. The van der Waals surface area contributed by atoms with Crippen LogP contribution in [0.1, 0.15) is 49.3 Å². The first kappa shape index (κ1) is 21.3. The van der Waals surface area contributed by atoms with Crippen LogP contribution in [0.25, 0.3) is 0 Å². The molecular weight excluding hydrogens is 361 g/mol. The quantitative estimate of drug-likeness (QED) is 0.702. The number of hydrogen-bond acceptors (Lipinski definition) is 4. The number of benzene rings is 1. The Hall–Kier alpha value is -2.05. The molecule has 0 aromatic heterocycles. The molecule has 150 valence electrons. The van der Waals surface area contributed by atoms with Crippen molar-refractivity contribution in [1.82, 2.24) is 0 Å². The van der Waals surface area contributed by atoms with Crippen LogP contribution in [0.5, 0.6) is 0 Å². The largest absolute Gasteiger partial charge is 0.463 e. The number of halogens is 3. The Morgan fingerprint density at radius 3 is 2.37 bits per heavy atom. The minimum Gasteiger partial charge on any atom is -0.463 e. The Balaban J connectivity index is 2.14. The maximum atomic E-state index is 13.0. The van der Waals surface area contributed by atoms with Crippen molar-refractivity contribution in [3.05, 3.63) is 34.9 Å². The molecule has 0 radical (unpaired) electrons. The summed E-state index contributed by atoms with van der Waals surface area (Å²) >= 11 is 0. The highest BCUT2D eigenvalue weighted by atomic mass is 19.4. The summed E-state index contributed by atoms with van der Waals surface area (Å²) in [5.74, 6) is -2.89. The van der Waals surface area contributed by atoms with Gasteiger partial charge in [-0.2, -0.15) is 13.2 Å². The van der Waals surface area contributed by atoms with Gasteiger partial charge in [-0.25, -0.2) is 4.79 Å². The molecule has 0 atom stereocenters. The predicted molar refractivity (Wildman–Crippen MR) is 93.1 cm³/mol. The molecule has 1 aliphatic carbocycles. The fourth-order valence-corrected chi connectivity index (χ4v) is 3.42. The molecule has 0 aliphatic heterocycles. The standard InChI is InChI=1S/C20H25F3O4/c1-4-26-18(25)19(9-7-16(8-10-19)20(21,22)23)27-17(24)12-15-11-13(2)5-6-14(15)3/h5-6,11,16H,4,7-10,12H2,1-3H3. The molecule has 1 aromatic rings. The first-order valence-electron chi connectivity index (χ1n) is 9.09. The lowest BCUT2D eigenvalue weighted by Crippen LogP contribution is -2.49.